The van der Waals surface area contributed by atoms with Crippen LogP contribution in [0.4, 0.5) is 14.5 Å². The van der Waals surface area contributed by atoms with Crippen molar-refractivity contribution < 1.29 is 8.78 Å². The van der Waals surface area contributed by atoms with Crippen LogP contribution in [-0.4, -0.2) is 25.2 Å². The van der Waals surface area contributed by atoms with E-state index in [0.717, 1.165) is 19.4 Å². The maximum Gasteiger partial charge on any atom is 0.150 e. The van der Waals surface area contributed by atoms with E-state index >= 15 is 0 Å². The zero-order chi connectivity index (χ0) is 15.6. The van der Waals surface area contributed by atoms with Gasteiger partial charge in [0.15, 0.2) is 11.6 Å². The van der Waals surface area contributed by atoms with Crippen molar-refractivity contribution in [3.05, 3.63) is 28.2 Å². The number of nitrogens with zero attached hydrogens (tertiary/aromatic N) is 1. The Labute approximate surface area is 134 Å². The number of anilines is 1. The molecule has 1 N–H and O–H groups in total. The molecule has 1 aliphatic heterocycles. The Balaban J connectivity index is 2.33. The van der Waals surface area contributed by atoms with Crippen LogP contribution in [-0.2, 0) is 0 Å². The first-order valence-corrected chi connectivity index (χ1v) is 8.41. The monoisotopic (exact) mass is 360 g/mol. The number of hydrogen-bond acceptors (Lipinski definition) is 2. The molecule has 0 saturated carbocycles. The van der Waals surface area contributed by atoms with Gasteiger partial charge in [0.2, 0.25) is 0 Å². The fourth-order valence-corrected chi connectivity index (χ4v) is 3.34. The molecular weight excluding hydrogens is 338 g/mol. The third-order valence-corrected chi connectivity index (χ3v) is 4.98. The quantitative estimate of drug-likeness (QED) is 0.859. The lowest BCUT2D eigenvalue weighted by molar-refractivity contribution is 0.303. The molecular formula is C16H23BrF2N2. The summed E-state index contributed by atoms with van der Waals surface area (Å²) in [7, 11) is 0. The summed E-state index contributed by atoms with van der Waals surface area (Å²) < 4.78 is 29.0. The van der Waals surface area contributed by atoms with Crippen molar-refractivity contribution in [2.75, 3.05) is 18.0 Å². The van der Waals surface area contributed by atoms with Crippen molar-refractivity contribution in [2.24, 2.45) is 5.92 Å². The summed E-state index contributed by atoms with van der Waals surface area (Å²) in [5.41, 5.74) is 0.111. The van der Waals surface area contributed by atoms with Crippen LogP contribution in [0, 0.1) is 17.6 Å². The molecule has 2 nitrogen and oxygen atoms in total. The Hall–Kier alpha value is -0.680. The van der Waals surface area contributed by atoms with Gasteiger partial charge in [-0.3, -0.25) is 0 Å². The molecule has 0 radical (unpaired) electrons. The fraction of sp³-hybridized carbons (Fsp3) is 0.625. The molecule has 3 atom stereocenters. The molecule has 2 rings (SSSR count). The summed E-state index contributed by atoms with van der Waals surface area (Å²) >= 11 is 3.14. The minimum atomic E-state index is -0.495. The summed E-state index contributed by atoms with van der Waals surface area (Å²) in [6.45, 7) is 7.78. The largest absolute Gasteiger partial charge is 0.361 e. The number of halogens is 3. The second-order valence-corrected chi connectivity index (χ2v) is 6.75. The van der Waals surface area contributed by atoms with E-state index in [0.29, 0.717) is 16.9 Å². The van der Waals surface area contributed by atoms with Gasteiger partial charge in [0.1, 0.15) is 5.69 Å². The average molecular weight is 361 g/mol. The highest BCUT2D eigenvalue weighted by Gasteiger charge is 2.32. The van der Waals surface area contributed by atoms with E-state index in [-0.39, 0.29) is 17.8 Å². The van der Waals surface area contributed by atoms with Gasteiger partial charge in [-0.25, -0.2) is 8.78 Å². The topological polar surface area (TPSA) is 15.3 Å². The zero-order valence-corrected chi connectivity index (χ0v) is 14.4. The maximum atomic E-state index is 14.3. The van der Waals surface area contributed by atoms with E-state index in [2.05, 4.69) is 42.0 Å². The van der Waals surface area contributed by atoms with Crippen molar-refractivity contribution in [3.63, 3.8) is 0 Å². The van der Waals surface area contributed by atoms with Gasteiger partial charge in [0.05, 0.1) is 0 Å². The van der Waals surface area contributed by atoms with E-state index in [4.69, 9.17) is 0 Å². The second kappa shape index (κ2) is 7.05. The SMILES string of the molecule is CCC(C)C1CN(c2c(F)cc(Br)cc2F)C(CC)CN1. The summed E-state index contributed by atoms with van der Waals surface area (Å²) in [5.74, 6) is -0.512. The lowest BCUT2D eigenvalue weighted by atomic mass is 9.94. The zero-order valence-electron chi connectivity index (χ0n) is 12.8. The Morgan fingerprint density at radius 2 is 1.95 bits per heavy atom. The van der Waals surface area contributed by atoms with E-state index in [1.807, 2.05) is 4.90 Å². The van der Waals surface area contributed by atoms with E-state index in [1.165, 1.54) is 12.1 Å². The first-order chi connectivity index (χ1) is 9.97. The summed E-state index contributed by atoms with van der Waals surface area (Å²) in [5, 5.41) is 3.53. The van der Waals surface area contributed by atoms with E-state index < -0.39 is 11.6 Å². The number of hydrogen-bond donors (Lipinski definition) is 1. The normalized spacial score (nSPS) is 24.2. The molecule has 0 bridgehead atoms. The van der Waals surface area contributed by atoms with Gasteiger partial charge in [0, 0.05) is 29.6 Å². The third kappa shape index (κ3) is 3.57. The molecule has 21 heavy (non-hydrogen) atoms. The van der Waals surface area contributed by atoms with Gasteiger partial charge >= 0.3 is 0 Å². The Morgan fingerprint density at radius 1 is 1.33 bits per heavy atom. The minimum absolute atomic E-state index is 0.111. The number of piperazine rings is 1. The van der Waals surface area contributed by atoms with Crippen molar-refractivity contribution in [3.8, 4) is 0 Å². The van der Waals surface area contributed by atoms with Crippen LogP contribution in [0.3, 0.4) is 0 Å². The molecule has 1 aromatic carbocycles. The number of rotatable bonds is 4. The number of benzene rings is 1. The first kappa shape index (κ1) is 16.7. The van der Waals surface area contributed by atoms with Crippen LogP contribution in [0.5, 0.6) is 0 Å². The molecule has 0 amide bonds. The lowest BCUT2D eigenvalue weighted by Crippen LogP contribution is -2.58. The summed E-state index contributed by atoms with van der Waals surface area (Å²) in [6, 6.07) is 3.06. The van der Waals surface area contributed by atoms with Crippen LogP contribution in [0.25, 0.3) is 0 Å². The van der Waals surface area contributed by atoms with Crippen molar-refractivity contribution in [2.45, 2.75) is 45.7 Å². The Bertz CT molecular complexity index is 472. The molecule has 0 spiro atoms. The lowest BCUT2D eigenvalue weighted by Gasteiger charge is -2.43. The predicted molar refractivity (Wildman–Crippen MR) is 86.7 cm³/mol. The second-order valence-electron chi connectivity index (χ2n) is 5.83. The molecule has 118 valence electrons. The van der Waals surface area contributed by atoms with Gasteiger partial charge in [0.25, 0.3) is 0 Å². The first-order valence-electron chi connectivity index (χ1n) is 7.62. The van der Waals surface area contributed by atoms with Gasteiger partial charge in [-0.1, -0.05) is 43.1 Å². The smallest absolute Gasteiger partial charge is 0.150 e. The molecule has 0 aromatic heterocycles. The molecule has 1 aliphatic rings. The van der Waals surface area contributed by atoms with Crippen molar-refractivity contribution in [1.29, 1.82) is 0 Å². The average Bonchev–Trinajstić information content (AvgIpc) is 2.45. The van der Waals surface area contributed by atoms with Gasteiger partial charge in [-0.15, -0.1) is 0 Å². The predicted octanol–water partition coefficient (Wildman–Crippen LogP) is 4.33. The highest BCUT2D eigenvalue weighted by molar-refractivity contribution is 9.10. The van der Waals surface area contributed by atoms with Crippen molar-refractivity contribution >= 4 is 21.6 Å². The fourth-order valence-electron chi connectivity index (χ4n) is 2.94. The molecule has 1 saturated heterocycles. The summed E-state index contributed by atoms with van der Waals surface area (Å²) in [6.07, 6.45) is 1.91. The highest BCUT2D eigenvalue weighted by atomic mass is 79.9. The minimum Gasteiger partial charge on any atom is -0.361 e. The van der Waals surface area contributed by atoms with E-state index in [1.54, 1.807) is 0 Å². The third-order valence-electron chi connectivity index (χ3n) is 4.52. The maximum absolute atomic E-state index is 14.3. The standard InChI is InChI=1S/C16H23BrF2N2/c1-4-10(3)15-9-21(12(5-2)8-20-15)16-13(18)6-11(17)7-14(16)19/h6-7,10,12,15,20H,4-5,8-9H2,1-3H3. The van der Waals surface area contributed by atoms with Crippen LogP contribution in [0.1, 0.15) is 33.6 Å². The molecule has 5 heteroatoms. The van der Waals surface area contributed by atoms with Crippen LogP contribution in [0.2, 0.25) is 0 Å². The van der Waals surface area contributed by atoms with Gasteiger partial charge in [-0.2, -0.15) is 0 Å². The van der Waals surface area contributed by atoms with Crippen LogP contribution >= 0.6 is 15.9 Å². The molecule has 1 aromatic rings. The Morgan fingerprint density at radius 3 is 2.48 bits per heavy atom. The van der Waals surface area contributed by atoms with Crippen LogP contribution in [0.15, 0.2) is 16.6 Å². The Kier molecular flexibility index (Phi) is 5.60. The molecule has 1 fully saturated rings. The molecule has 1 heterocycles. The molecule has 0 aliphatic carbocycles. The molecule has 3 unspecified atom stereocenters. The van der Waals surface area contributed by atoms with Crippen LogP contribution < -0.4 is 10.2 Å². The van der Waals surface area contributed by atoms with Gasteiger partial charge < -0.3 is 10.2 Å². The highest BCUT2D eigenvalue weighted by Crippen LogP contribution is 2.31. The summed E-state index contributed by atoms with van der Waals surface area (Å²) in [4.78, 5) is 1.91. The van der Waals surface area contributed by atoms with Crippen molar-refractivity contribution in [1.82, 2.24) is 5.32 Å². The number of nitrogens with one attached hydrogen (secondary N) is 1. The van der Waals surface area contributed by atoms with Gasteiger partial charge in [-0.05, 0) is 24.5 Å². The van der Waals surface area contributed by atoms with E-state index in [9.17, 15) is 8.78 Å².